The third kappa shape index (κ3) is 3.67. The molecule has 20 heavy (non-hydrogen) atoms. The van der Waals surface area contributed by atoms with Gasteiger partial charge in [-0.25, -0.2) is 0 Å². The van der Waals surface area contributed by atoms with Gasteiger partial charge < -0.3 is 15.0 Å². The molecule has 6 nitrogen and oxygen atoms in total. The number of anilines is 2. The fourth-order valence-corrected chi connectivity index (χ4v) is 2.35. The Hall–Kier alpha value is -2.15. The van der Waals surface area contributed by atoms with Crippen molar-refractivity contribution >= 4 is 29.2 Å². The zero-order valence-corrected chi connectivity index (χ0v) is 12.0. The van der Waals surface area contributed by atoms with Crippen molar-refractivity contribution in [1.29, 1.82) is 0 Å². The lowest BCUT2D eigenvalue weighted by Gasteiger charge is -2.08. The molecule has 7 heteroatoms. The molecule has 0 aliphatic rings. The molecule has 2 rings (SSSR count). The molecular formula is C13H15N3O3S. The summed E-state index contributed by atoms with van der Waals surface area (Å²) in [5.41, 5.74) is 7.01. The first-order valence-corrected chi connectivity index (χ1v) is 6.86. The normalized spacial score (nSPS) is 10.3. The first kappa shape index (κ1) is 14.3. The van der Waals surface area contributed by atoms with Crippen molar-refractivity contribution in [3.8, 4) is 5.75 Å². The maximum atomic E-state index is 11.8. The van der Waals surface area contributed by atoms with Crippen molar-refractivity contribution in [2.45, 2.75) is 11.8 Å². The van der Waals surface area contributed by atoms with Crippen LogP contribution < -0.4 is 15.8 Å². The number of hydrogen-bond acceptors (Lipinski definition) is 6. The predicted molar refractivity (Wildman–Crippen MR) is 78.0 cm³/mol. The van der Waals surface area contributed by atoms with Gasteiger partial charge in [0.2, 0.25) is 11.8 Å². The van der Waals surface area contributed by atoms with Crippen LogP contribution in [-0.2, 0) is 4.79 Å². The molecule has 0 saturated carbocycles. The van der Waals surface area contributed by atoms with Gasteiger partial charge in [-0.3, -0.25) is 10.1 Å². The number of methoxy groups -OCH3 is 1. The number of nitrogens with two attached hydrogens (primary N) is 1. The summed E-state index contributed by atoms with van der Waals surface area (Å²) in [6.07, 6.45) is 0. The highest BCUT2D eigenvalue weighted by atomic mass is 32.2. The largest absolute Gasteiger partial charge is 0.496 e. The van der Waals surface area contributed by atoms with E-state index in [1.807, 2.05) is 6.07 Å². The number of ether oxygens (including phenoxy) is 1. The number of nitrogens with one attached hydrogen (secondary N) is 1. The number of aryl methyl sites for hydroxylation is 1. The van der Waals surface area contributed by atoms with Crippen molar-refractivity contribution in [1.82, 2.24) is 5.16 Å². The van der Waals surface area contributed by atoms with Crippen LogP contribution in [0.5, 0.6) is 5.75 Å². The Labute approximate surface area is 120 Å². The van der Waals surface area contributed by atoms with Gasteiger partial charge in [0.1, 0.15) is 5.75 Å². The molecule has 0 saturated heterocycles. The van der Waals surface area contributed by atoms with Gasteiger partial charge in [-0.15, -0.1) is 11.8 Å². The maximum absolute atomic E-state index is 11.8. The number of nitrogen functional groups attached to an aromatic ring is 1. The molecule has 2 aromatic rings. The van der Waals surface area contributed by atoms with Gasteiger partial charge in [0.15, 0.2) is 0 Å². The van der Waals surface area contributed by atoms with Crippen molar-refractivity contribution in [3.05, 3.63) is 30.0 Å². The van der Waals surface area contributed by atoms with Crippen LogP contribution in [0.1, 0.15) is 5.69 Å². The van der Waals surface area contributed by atoms with Crippen molar-refractivity contribution in [3.63, 3.8) is 0 Å². The lowest BCUT2D eigenvalue weighted by Crippen LogP contribution is -2.13. The molecule has 0 fully saturated rings. The number of carbonyl (C=O) groups excluding carboxylic acids is 1. The van der Waals surface area contributed by atoms with Crippen LogP contribution in [0.3, 0.4) is 0 Å². The molecular weight excluding hydrogens is 278 g/mol. The second-order valence-corrected chi connectivity index (χ2v) is 5.10. The van der Waals surface area contributed by atoms with E-state index in [0.717, 1.165) is 4.90 Å². The van der Waals surface area contributed by atoms with Gasteiger partial charge >= 0.3 is 0 Å². The van der Waals surface area contributed by atoms with Gasteiger partial charge in [0.05, 0.1) is 18.6 Å². The Bertz CT molecular complexity index is 613. The van der Waals surface area contributed by atoms with Gasteiger partial charge in [-0.2, -0.15) is 0 Å². The second-order valence-electron chi connectivity index (χ2n) is 4.08. The van der Waals surface area contributed by atoms with Gasteiger partial charge in [-0.05, 0) is 19.1 Å². The summed E-state index contributed by atoms with van der Waals surface area (Å²) in [5.74, 6) is 1.06. The SMILES string of the molecule is COc1cc(N)ccc1SCC(=O)Nc1cc(C)no1. The smallest absolute Gasteiger partial charge is 0.237 e. The average molecular weight is 293 g/mol. The van der Waals surface area contributed by atoms with E-state index < -0.39 is 0 Å². The summed E-state index contributed by atoms with van der Waals surface area (Å²) >= 11 is 1.36. The van der Waals surface area contributed by atoms with Crippen LogP contribution in [0.4, 0.5) is 11.6 Å². The van der Waals surface area contributed by atoms with E-state index in [0.29, 0.717) is 23.0 Å². The number of thioether (sulfide) groups is 1. The van der Waals surface area contributed by atoms with Crippen LogP contribution in [0, 0.1) is 6.92 Å². The van der Waals surface area contributed by atoms with E-state index in [-0.39, 0.29) is 11.7 Å². The molecule has 0 aliphatic carbocycles. The number of aromatic nitrogens is 1. The molecule has 1 aromatic heterocycles. The summed E-state index contributed by atoms with van der Waals surface area (Å²) < 4.78 is 10.1. The van der Waals surface area contributed by atoms with Crippen LogP contribution in [0.15, 0.2) is 33.7 Å². The molecule has 0 atom stereocenters. The molecule has 0 aliphatic heterocycles. The number of hydrogen-bond donors (Lipinski definition) is 2. The van der Waals surface area contributed by atoms with Crippen LogP contribution in [0.25, 0.3) is 0 Å². The third-order valence-corrected chi connectivity index (χ3v) is 3.49. The van der Waals surface area contributed by atoms with Crippen LogP contribution in [-0.4, -0.2) is 23.9 Å². The number of nitrogens with zero attached hydrogens (tertiary/aromatic N) is 1. The summed E-state index contributed by atoms with van der Waals surface area (Å²) in [5, 5.41) is 6.32. The minimum Gasteiger partial charge on any atom is -0.496 e. The number of rotatable bonds is 5. The molecule has 1 heterocycles. The monoisotopic (exact) mass is 293 g/mol. The zero-order valence-electron chi connectivity index (χ0n) is 11.2. The topological polar surface area (TPSA) is 90.4 Å². The molecule has 1 amide bonds. The predicted octanol–water partition coefficient (Wildman–Crippen LogP) is 2.30. The number of benzene rings is 1. The minimum absolute atomic E-state index is 0.176. The van der Waals surface area contributed by atoms with E-state index in [9.17, 15) is 4.79 Å². The second kappa shape index (κ2) is 6.33. The summed E-state index contributed by atoms with van der Waals surface area (Å²) in [6.45, 7) is 1.78. The standard InChI is InChI=1S/C13H15N3O3S/c1-8-5-13(19-16-8)15-12(17)7-20-11-4-3-9(14)6-10(11)18-2/h3-6H,7,14H2,1-2H3,(H,15,17). The fourth-order valence-electron chi connectivity index (χ4n) is 1.54. The third-order valence-electron chi connectivity index (χ3n) is 2.44. The minimum atomic E-state index is -0.176. The Balaban J connectivity index is 1.93. The van der Waals surface area contributed by atoms with E-state index in [1.165, 1.54) is 11.8 Å². The Kier molecular flexibility index (Phi) is 4.52. The summed E-state index contributed by atoms with van der Waals surface area (Å²) in [7, 11) is 1.57. The maximum Gasteiger partial charge on any atom is 0.237 e. The highest BCUT2D eigenvalue weighted by Gasteiger charge is 2.10. The Morgan fingerprint density at radius 2 is 2.30 bits per heavy atom. The molecule has 0 bridgehead atoms. The number of carbonyl (C=O) groups is 1. The quantitative estimate of drug-likeness (QED) is 0.649. The summed E-state index contributed by atoms with van der Waals surface area (Å²) in [4.78, 5) is 12.6. The van der Waals surface area contributed by atoms with Crippen molar-refractivity contribution in [2.75, 3.05) is 23.9 Å². The number of amides is 1. The molecule has 1 aromatic carbocycles. The van der Waals surface area contributed by atoms with Crippen LogP contribution in [0.2, 0.25) is 0 Å². The first-order valence-electron chi connectivity index (χ1n) is 5.88. The zero-order chi connectivity index (χ0) is 14.5. The highest BCUT2D eigenvalue weighted by Crippen LogP contribution is 2.30. The molecule has 0 radical (unpaired) electrons. The van der Waals surface area contributed by atoms with E-state index >= 15 is 0 Å². The Morgan fingerprint density at radius 1 is 1.50 bits per heavy atom. The Morgan fingerprint density at radius 3 is 2.95 bits per heavy atom. The lowest BCUT2D eigenvalue weighted by molar-refractivity contribution is -0.113. The van der Waals surface area contributed by atoms with E-state index in [2.05, 4.69) is 10.5 Å². The molecule has 0 unspecified atom stereocenters. The van der Waals surface area contributed by atoms with E-state index in [4.69, 9.17) is 15.0 Å². The van der Waals surface area contributed by atoms with Gasteiger partial charge in [-0.1, -0.05) is 5.16 Å². The molecule has 106 valence electrons. The van der Waals surface area contributed by atoms with Gasteiger partial charge in [0.25, 0.3) is 0 Å². The average Bonchev–Trinajstić information content (AvgIpc) is 2.82. The van der Waals surface area contributed by atoms with Crippen molar-refractivity contribution < 1.29 is 14.1 Å². The molecule has 3 N–H and O–H groups in total. The van der Waals surface area contributed by atoms with Gasteiger partial charge in [0, 0.05) is 22.7 Å². The highest BCUT2D eigenvalue weighted by molar-refractivity contribution is 8.00. The lowest BCUT2D eigenvalue weighted by atomic mass is 10.3. The molecule has 0 spiro atoms. The van der Waals surface area contributed by atoms with E-state index in [1.54, 1.807) is 32.2 Å². The first-order chi connectivity index (χ1) is 9.58. The fraction of sp³-hybridized carbons (Fsp3) is 0.231. The van der Waals surface area contributed by atoms with Crippen molar-refractivity contribution in [2.24, 2.45) is 0 Å². The van der Waals surface area contributed by atoms with Crippen LogP contribution >= 0.6 is 11.8 Å². The summed E-state index contributed by atoms with van der Waals surface area (Å²) in [6, 6.07) is 6.97.